The SMILES string of the molecule is CCC(CC(=O)O)NC(=O)C(C)(C)C(NC(=O)OCC1c2ccccc2-c2ccccc21)C(C)C. The highest BCUT2D eigenvalue weighted by Crippen LogP contribution is 2.44. The molecular formula is C28H36N2O5. The molecule has 2 atom stereocenters. The van der Waals surface area contributed by atoms with Gasteiger partial charge in [0.25, 0.3) is 0 Å². The van der Waals surface area contributed by atoms with Gasteiger partial charge in [0.05, 0.1) is 11.8 Å². The Labute approximate surface area is 207 Å². The Morgan fingerprint density at radius 1 is 0.971 bits per heavy atom. The van der Waals surface area contributed by atoms with Crippen LogP contribution in [0.5, 0.6) is 0 Å². The van der Waals surface area contributed by atoms with Crippen LogP contribution in [0.1, 0.15) is 64.5 Å². The Bertz CT molecular complexity index is 1030. The predicted octanol–water partition coefficient (Wildman–Crippen LogP) is 4.95. The third kappa shape index (κ3) is 5.84. The quantitative estimate of drug-likeness (QED) is 0.447. The zero-order valence-electron chi connectivity index (χ0n) is 21.1. The number of hydrogen-bond donors (Lipinski definition) is 3. The van der Waals surface area contributed by atoms with Crippen LogP contribution in [0, 0.1) is 11.3 Å². The normalized spacial score (nSPS) is 14.6. The van der Waals surface area contributed by atoms with E-state index in [0.29, 0.717) is 6.42 Å². The van der Waals surface area contributed by atoms with Crippen molar-refractivity contribution in [3.63, 3.8) is 0 Å². The van der Waals surface area contributed by atoms with Crippen LogP contribution in [-0.4, -0.2) is 41.8 Å². The number of amides is 2. The van der Waals surface area contributed by atoms with E-state index in [-0.39, 0.29) is 30.8 Å². The number of benzene rings is 2. The summed E-state index contributed by atoms with van der Waals surface area (Å²) in [6, 6.07) is 15.3. The van der Waals surface area contributed by atoms with Gasteiger partial charge in [-0.2, -0.15) is 0 Å². The van der Waals surface area contributed by atoms with Gasteiger partial charge in [-0.3, -0.25) is 9.59 Å². The lowest BCUT2D eigenvalue weighted by molar-refractivity contribution is -0.138. The Morgan fingerprint density at radius 3 is 2.00 bits per heavy atom. The first kappa shape index (κ1) is 26.3. The van der Waals surface area contributed by atoms with Crippen molar-refractivity contribution in [3.05, 3.63) is 59.7 Å². The number of hydrogen-bond acceptors (Lipinski definition) is 4. The zero-order chi connectivity index (χ0) is 25.8. The van der Waals surface area contributed by atoms with Gasteiger partial charge >= 0.3 is 12.1 Å². The second-order valence-corrected chi connectivity index (χ2v) is 10.1. The molecule has 3 rings (SSSR count). The highest BCUT2D eigenvalue weighted by molar-refractivity contribution is 5.84. The van der Waals surface area contributed by atoms with Gasteiger partial charge in [0.1, 0.15) is 6.61 Å². The van der Waals surface area contributed by atoms with Crippen molar-refractivity contribution in [2.75, 3.05) is 6.61 Å². The standard InChI is InChI=1S/C28H36N2O5/c1-6-18(15-24(31)32)29-26(33)28(4,5)25(17(2)3)30-27(34)35-16-23-21-13-9-7-11-19(21)20-12-8-10-14-22(20)23/h7-14,17-18,23,25H,6,15-16H2,1-5H3,(H,29,33)(H,30,34)(H,31,32). The highest BCUT2D eigenvalue weighted by Gasteiger charge is 2.41. The third-order valence-corrected chi connectivity index (χ3v) is 6.90. The molecule has 0 heterocycles. The Morgan fingerprint density at radius 2 is 1.51 bits per heavy atom. The molecule has 188 valence electrons. The summed E-state index contributed by atoms with van der Waals surface area (Å²) in [4.78, 5) is 37.1. The number of ether oxygens (including phenoxy) is 1. The molecule has 2 unspecified atom stereocenters. The van der Waals surface area contributed by atoms with Crippen molar-refractivity contribution in [1.82, 2.24) is 10.6 Å². The fraction of sp³-hybridized carbons (Fsp3) is 0.464. The van der Waals surface area contributed by atoms with Gasteiger partial charge in [-0.05, 0) is 48.4 Å². The first-order chi connectivity index (χ1) is 16.6. The molecule has 2 aromatic carbocycles. The van der Waals surface area contributed by atoms with Crippen LogP contribution in [0.15, 0.2) is 48.5 Å². The number of carboxylic acids is 1. The maximum Gasteiger partial charge on any atom is 0.407 e. The van der Waals surface area contributed by atoms with E-state index in [1.807, 2.05) is 45.0 Å². The van der Waals surface area contributed by atoms with Crippen molar-refractivity contribution in [2.45, 2.75) is 65.5 Å². The van der Waals surface area contributed by atoms with Crippen molar-refractivity contribution in [2.24, 2.45) is 11.3 Å². The number of rotatable bonds is 10. The number of alkyl carbamates (subject to hydrolysis) is 1. The van der Waals surface area contributed by atoms with Crippen LogP contribution in [0.25, 0.3) is 11.1 Å². The average Bonchev–Trinajstić information content (AvgIpc) is 3.13. The van der Waals surface area contributed by atoms with Crippen LogP contribution < -0.4 is 10.6 Å². The van der Waals surface area contributed by atoms with E-state index in [0.717, 1.165) is 22.3 Å². The van der Waals surface area contributed by atoms with E-state index < -0.39 is 29.6 Å². The molecule has 0 saturated carbocycles. The number of carbonyl (C=O) groups excluding carboxylic acids is 2. The second-order valence-electron chi connectivity index (χ2n) is 10.1. The molecule has 0 radical (unpaired) electrons. The van der Waals surface area contributed by atoms with Crippen LogP contribution in [-0.2, 0) is 14.3 Å². The molecule has 35 heavy (non-hydrogen) atoms. The summed E-state index contributed by atoms with van der Waals surface area (Å²) in [5, 5.41) is 14.8. The van der Waals surface area contributed by atoms with Crippen LogP contribution in [0.2, 0.25) is 0 Å². The van der Waals surface area contributed by atoms with E-state index in [1.165, 1.54) is 0 Å². The van der Waals surface area contributed by atoms with E-state index >= 15 is 0 Å². The topological polar surface area (TPSA) is 105 Å². The molecule has 3 N–H and O–H groups in total. The fourth-order valence-corrected chi connectivity index (χ4v) is 4.97. The van der Waals surface area contributed by atoms with Crippen molar-refractivity contribution < 1.29 is 24.2 Å². The fourth-order valence-electron chi connectivity index (χ4n) is 4.97. The minimum atomic E-state index is -0.980. The van der Waals surface area contributed by atoms with E-state index in [2.05, 4.69) is 34.9 Å². The van der Waals surface area contributed by atoms with Crippen molar-refractivity contribution >= 4 is 18.0 Å². The van der Waals surface area contributed by atoms with Gasteiger partial charge < -0.3 is 20.5 Å². The molecule has 0 spiro atoms. The lowest BCUT2D eigenvalue weighted by Crippen LogP contribution is -2.56. The summed E-state index contributed by atoms with van der Waals surface area (Å²) in [5.41, 5.74) is 3.59. The Kier molecular flexibility index (Phi) is 8.20. The van der Waals surface area contributed by atoms with Gasteiger partial charge in [0.2, 0.25) is 5.91 Å². The molecule has 2 aromatic rings. The summed E-state index contributed by atoms with van der Waals surface area (Å²) < 4.78 is 5.69. The van der Waals surface area contributed by atoms with E-state index in [1.54, 1.807) is 13.8 Å². The third-order valence-electron chi connectivity index (χ3n) is 6.90. The van der Waals surface area contributed by atoms with Crippen molar-refractivity contribution in [3.8, 4) is 11.1 Å². The number of nitrogens with one attached hydrogen (secondary N) is 2. The maximum atomic E-state index is 13.1. The number of carboxylic acid groups (broad SMARTS) is 1. The van der Waals surface area contributed by atoms with Gasteiger partial charge in [-0.1, -0.05) is 69.3 Å². The summed E-state index contributed by atoms with van der Waals surface area (Å²) >= 11 is 0. The lowest BCUT2D eigenvalue weighted by Gasteiger charge is -2.37. The zero-order valence-corrected chi connectivity index (χ0v) is 21.1. The molecular weight excluding hydrogens is 444 g/mol. The van der Waals surface area contributed by atoms with Gasteiger partial charge in [-0.25, -0.2) is 4.79 Å². The number of carbonyl (C=O) groups is 3. The minimum absolute atomic E-state index is 0.0525. The van der Waals surface area contributed by atoms with E-state index in [9.17, 15) is 14.4 Å². The molecule has 7 heteroatoms. The van der Waals surface area contributed by atoms with Gasteiger partial charge in [-0.15, -0.1) is 0 Å². The molecule has 0 fully saturated rings. The van der Waals surface area contributed by atoms with Gasteiger partial charge in [0, 0.05) is 18.0 Å². The largest absolute Gasteiger partial charge is 0.481 e. The average molecular weight is 481 g/mol. The van der Waals surface area contributed by atoms with Crippen LogP contribution in [0.3, 0.4) is 0 Å². The monoisotopic (exact) mass is 480 g/mol. The first-order valence-corrected chi connectivity index (χ1v) is 12.2. The molecule has 0 saturated heterocycles. The molecule has 1 aliphatic rings. The smallest absolute Gasteiger partial charge is 0.407 e. The predicted molar refractivity (Wildman–Crippen MR) is 135 cm³/mol. The highest BCUT2D eigenvalue weighted by atomic mass is 16.5. The molecule has 0 aromatic heterocycles. The Hall–Kier alpha value is -3.35. The summed E-state index contributed by atoms with van der Waals surface area (Å²) in [5.74, 6) is -1.38. The minimum Gasteiger partial charge on any atom is -0.481 e. The second kappa shape index (κ2) is 10.9. The molecule has 7 nitrogen and oxygen atoms in total. The summed E-state index contributed by atoms with van der Waals surface area (Å²) in [6.07, 6.45) is -0.228. The molecule has 0 aliphatic heterocycles. The molecule has 1 aliphatic carbocycles. The summed E-state index contributed by atoms with van der Waals surface area (Å²) in [7, 11) is 0. The first-order valence-electron chi connectivity index (χ1n) is 12.2. The summed E-state index contributed by atoms with van der Waals surface area (Å²) in [6.45, 7) is 9.38. The van der Waals surface area contributed by atoms with Crippen LogP contribution in [0.4, 0.5) is 4.79 Å². The number of fused-ring (bicyclic) bond motifs is 3. The molecule has 0 bridgehead atoms. The van der Waals surface area contributed by atoms with E-state index in [4.69, 9.17) is 9.84 Å². The maximum absolute atomic E-state index is 13.1. The Balaban J connectivity index is 1.68. The van der Waals surface area contributed by atoms with Gasteiger partial charge in [0.15, 0.2) is 0 Å². The number of aliphatic carboxylic acids is 1. The lowest BCUT2D eigenvalue weighted by atomic mass is 9.77. The van der Waals surface area contributed by atoms with Crippen molar-refractivity contribution in [1.29, 1.82) is 0 Å². The van der Waals surface area contributed by atoms with Crippen LogP contribution >= 0.6 is 0 Å². The molecule has 2 amide bonds.